The molecule has 0 aromatic carbocycles. The van der Waals surface area contributed by atoms with E-state index in [9.17, 15) is 0 Å². The minimum absolute atomic E-state index is 0.543. The molecule has 0 unspecified atom stereocenters. The second-order valence-electron chi connectivity index (χ2n) is 5.85. The fourth-order valence-corrected chi connectivity index (χ4v) is 3.63. The van der Waals surface area contributed by atoms with E-state index >= 15 is 0 Å². The molecule has 3 heterocycles. The predicted octanol–water partition coefficient (Wildman–Crippen LogP) is 2.05. The molecule has 0 aliphatic carbocycles. The van der Waals surface area contributed by atoms with E-state index in [0.717, 1.165) is 54.0 Å². The average Bonchev–Trinajstić information content (AvgIpc) is 2.92. The maximum absolute atomic E-state index is 4.39. The topological polar surface area (TPSA) is 58.0 Å². The number of likely N-dealkylation sites (tertiary alicyclic amines) is 1. The first-order valence-corrected chi connectivity index (χ1v) is 8.46. The third kappa shape index (κ3) is 3.59. The SMILES string of the molecule is Cc1cc(N(C)C2CCN(Cc3nnc(C)s3)CC2)ncn1. The van der Waals surface area contributed by atoms with E-state index < -0.39 is 0 Å². The first-order chi connectivity index (χ1) is 10.6. The summed E-state index contributed by atoms with van der Waals surface area (Å²) in [5, 5.41) is 10.5. The molecule has 3 rings (SSSR count). The molecule has 118 valence electrons. The molecule has 22 heavy (non-hydrogen) atoms. The molecule has 0 atom stereocenters. The van der Waals surface area contributed by atoms with Crippen molar-refractivity contribution in [1.29, 1.82) is 0 Å². The summed E-state index contributed by atoms with van der Waals surface area (Å²) in [7, 11) is 2.14. The van der Waals surface area contributed by atoms with Crippen molar-refractivity contribution >= 4 is 17.2 Å². The van der Waals surface area contributed by atoms with Gasteiger partial charge in [0.1, 0.15) is 22.2 Å². The van der Waals surface area contributed by atoms with Crippen molar-refractivity contribution in [3.05, 3.63) is 28.1 Å². The first kappa shape index (κ1) is 15.3. The van der Waals surface area contributed by atoms with E-state index in [1.807, 2.05) is 13.8 Å². The van der Waals surface area contributed by atoms with Gasteiger partial charge in [-0.15, -0.1) is 21.5 Å². The fraction of sp³-hybridized carbons (Fsp3) is 0.600. The molecule has 7 heteroatoms. The molecule has 1 saturated heterocycles. The van der Waals surface area contributed by atoms with Crippen molar-refractivity contribution in [2.24, 2.45) is 0 Å². The van der Waals surface area contributed by atoms with Crippen LogP contribution in [0.15, 0.2) is 12.4 Å². The molecule has 0 bridgehead atoms. The number of hydrogen-bond donors (Lipinski definition) is 0. The summed E-state index contributed by atoms with van der Waals surface area (Å²) in [6.07, 6.45) is 3.95. The van der Waals surface area contributed by atoms with Crippen molar-refractivity contribution in [2.75, 3.05) is 25.0 Å². The Labute approximate surface area is 135 Å². The molecule has 2 aromatic heterocycles. The summed E-state index contributed by atoms with van der Waals surface area (Å²) in [6, 6.07) is 2.60. The van der Waals surface area contributed by atoms with Gasteiger partial charge in [-0.3, -0.25) is 4.90 Å². The highest BCUT2D eigenvalue weighted by atomic mass is 32.1. The highest BCUT2D eigenvalue weighted by Crippen LogP contribution is 2.22. The molecule has 0 amide bonds. The Hall–Kier alpha value is -1.60. The van der Waals surface area contributed by atoms with Crippen molar-refractivity contribution in [1.82, 2.24) is 25.1 Å². The zero-order valence-corrected chi connectivity index (χ0v) is 14.2. The van der Waals surface area contributed by atoms with Gasteiger partial charge in [-0.1, -0.05) is 0 Å². The van der Waals surface area contributed by atoms with Crippen LogP contribution in [0.1, 0.15) is 28.6 Å². The molecule has 2 aromatic rings. The first-order valence-electron chi connectivity index (χ1n) is 7.64. The Balaban J connectivity index is 1.55. The Bertz CT molecular complexity index is 620. The average molecular weight is 318 g/mol. The van der Waals surface area contributed by atoms with Gasteiger partial charge in [-0.2, -0.15) is 0 Å². The number of hydrogen-bond acceptors (Lipinski definition) is 7. The lowest BCUT2D eigenvalue weighted by atomic mass is 10.0. The number of piperidine rings is 1. The molecule has 0 radical (unpaired) electrons. The second-order valence-corrected chi connectivity index (χ2v) is 7.12. The minimum Gasteiger partial charge on any atom is -0.356 e. The largest absolute Gasteiger partial charge is 0.356 e. The third-order valence-electron chi connectivity index (χ3n) is 4.18. The summed E-state index contributed by atoms with van der Waals surface area (Å²) in [4.78, 5) is 13.3. The van der Waals surface area contributed by atoms with Gasteiger partial charge in [0.2, 0.25) is 0 Å². The number of anilines is 1. The Morgan fingerprint density at radius 2 is 2.00 bits per heavy atom. The lowest BCUT2D eigenvalue weighted by Gasteiger charge is -2.36. The standard InChI is InChI=1S/C15H22N6S/c1-11-8-14(17-10-16-11)20(3)13-4-6-21(7-5-13)9-15-19-18-12(2)22-15/h8,10,13H,4-7,9H2,1-3H3. The van der Waals surface area contributed by atoms with Gasteiger partial charge in [-0.25, -0.2) is 9.97 Å². The van der Waals surface area contributed by atoms with Gasteiger partial charge < -0.3 is 4.90 Å². The molecular weight excluding hydrogens is 296 g/mol. The van der Waals surface area contributed by atoms with Crippen molar-refractivity contribution in [2.45, 2.75) is 39.3 Å². The maximum Gasteiger partial charge on any atom is 0.132 e. The zero-order chi connectivity index (χ0) is 15.5. The van der Waals surface area contributed by atoms with Crippen LogP contribution in [0.2, 0.25) is 0 Å². The van der Waals surface area contributed by atoms with Crippen molar-refractivity contribution < 1.29 is 0 Å². The zero-order valence-electron chi connectivity index (χ0n) is 13.4. The van der Waals surface area contributed by atoms with Crippen LogP contribution in [0.25, 0.3) is 0 Å². The van der Waals surface area contributed by atoms with E-state index in [0.29, 0.717) is 6.04 Å². The number of aryl methyl sites for hydroxylation is 2. The van der Waals surface area contributed by atoms with E-state index in [4.69, 9.17) is 0 Å². The number of nitrogens with zero attached hydrogens (tertiary/aromatic N) is 6. The van der Waals surface area contributed by atoms with Gasteiger partial charge in [0.15, 0.2) is 0 Å². The summed E-state index contributed by atoms with van der Waals surface area (Å²) >= 11 is 1.70. The van der Waals surface area contributed by atoms with Gasteiger partial charge in [0, 0.05) is 37.9 Å². The summed E-state index contributed by atoms with van der Waals surface area (Å²) in [5.74, 6) is 1.02. The number of aromatic nitrogens is 4. The normalized spacial score (nSPS) is 16.9. The Kier molecular flexibility index (Phi) is 4.63. The lowest BCUT2D eigenvalue weighted by Crippen LogP contribution is -2.43. The summed E-state index contributed by atoms with van der Waals surface area (Å²) in [6.45, 7) is 7.13. The van der Waals surface area contributed by atoms with Crippen molar-refractivity contribution in [3.63, 3.8) is 0 Å². The quantitative estimate of drug-likeness (QED) is 0.860. The molecule has 1 fully saturated rings. The molecule has 1 aliphatic rings. The minimum atomic E-state index is 0.543. The van der Waals surface area contributed by atoms with Crippen LogP contribution in [-0.4, -0.2) is 51.2 Å². The third-order valence-corrected chi connectivity index (χ3v) is 5.01. The van der Waals surface area contributed by atoms with Gasteiger partial charge >= 0.3 is 0 Å². The molecule has 0 saturated carbocycles. The van der Waals surface area contributed by atoms with Crippen LogP contribution in [0, 0.1) is 13.8 Å². The summed E-state index contributed by atoms with van der Waals surface area (Å²) < 4.78 is 0. The monoisotopic (exact) mass is 318 g/mol. The molecule has 1 aliphatic heterocycles. The van der Waals surface area contributed by atoms with Gasteiger partial charge in [0.05, 0.1) is 6.54 Å². The van der Waals surface area contributed by atoms with Crippen LogP contribution >= 0.6 is 11.3 Å². The predicted molar refractivity (Wildman–Crippen MR) is 88.1 cm³/mol. The molecular formula is C15H22N6S. The Morgan fingerprint density at radius 1 is 1.23 bits per heavy atom. The van der Waals surface area contributed by atoms with Gasteiger partial charge in [-0.05, 0) is 26.7 Å². The fourth-order valence-electron chi connectivity index (χ4n) is 2.88. The second kappa shape index (κ2) is 6.66. The molecule has 6 nitrogen and oxygen atoms in total. The van der Waals surface area contributed by atoms with E-state index in [2.05, 4.69) is 43.1 Å². The molecule has 0 spiro atoms. The van der Waals surface area contributed by atoms with E-state index in [1.54, 1.807) is 17.7 Å². The molecule has 0 N–H and O–H groups in total. The maximum atomic E-state index is 4.39. The van der Waals surface area contributed by atoms with Crippen LogP contribution in [-0.2, 0) is 6.54 Å². The summed E-state index contributed by atoms with van der Waals surface area (Å²) in [5.41, 5.74) is 1.01. The Morgan fingerprint density at radius 3 is 2.64 bits per heavy atom. The van der Waals surface area contributed by atoms with Crippen LogP contribution in [0.4, 0.5) is 5.82 Å². The van der Waals surface area contributed by atoms with Crippen LogP contribution in [0.5, 0.6) is 0 Å². The highest BCUT2D eigenvalue weighted by molar-refractivity contribution is 7.11. The van der Waals surface area contributed by atoms with Crippen LogP contribution in [0.3, 0.4) is 0 Å². The smallest absolute Gasteiger partial charge is 0.132 e. The van der Waals surface area contributed by atoms with Crippen LogP contribution < -0.4 is 4.90 Å². The lowest BCUT2D eigenvalue weighted by molar-refractivity contribution is 0.202. The number of rotatable bonds is 4. The van der Waals surface area contributed by atoms with E-state index in [-0.39, 0.29) is 0 Å². The van der Waals surface area contributed by atoms with Gasteiger partial charge in [0.25, 0.3) is 0 Å². The highest BCUT2D eigenvalue weighted by Gasteiger charge is 2.24. The van der Waals surface area contributed by atoms with Crippen molar-refractivity contribution in [3.8, 4) is 0 Å². The van der Waals surface area contributed by atoms with E-state index in [1.165, 1.54) is 0 Å².